The van der Waals surface area contributed by atoms with Crippen molar-refractivity contribution in [3.63, 3.8) is 0 Å². The molecule has 3 nitrogen and oxygen atoms in total. The fourth-order valence-corrected chi connectivity index (χ4v) is 2.43. The number of rotatable bonds is 6. The second kappa shape index (κ2) is 6.73. The largest absolute Gasteiger partial charge is 0.334 e. The predicted octanol–water partition coefficient (Wildman–Crippen LogP) is 3.80. The van der Waals surface area contributed by atoms with Crippen LogP contribution in [0.25, 0.3) is 0 Å². The van der Waals surface area contributed by atoms with Crippen molar-refractivity contribution < 1.29 is 0 Å². The van der Waals surface area contributed by atoms with E-state index in [1.807, 2.05) is 30.6 Å². The molecule has 2 rings (SSSR count). The molecule has 0 fully saturated rings. The number of hydrogen-bond acceptors (Lipinski definition) is 2. The highest BCUT2D eigenvalue weighted by Gasteiger charge is 2.10. The van der Waals surface area contributed by atoms with Crippen LogP contribution in [-0.4, -0.2) is 9.55 Å². The Hall–Kier alpha value is -1.32. The topological polar surface area (TPSA) is 29.9 Å². The summed E-state index contributed by atoms with van der Waals surface area (Å²) in [6.45, 7) is 6.02. The van der Waals surface area contributed by atoms with Crippen molar-refractivity contribution in [2.75, 3.05) is 0 Å². The van der Waals surface area contributed by atoms with Crippen LogP contribution in [-0.2, 0) is 13.1 Å². The van der Waals surface area contributed by atoms with Crippen molar-refractivity contribution in [3.8, 4) is 0 Å². The number of imidazole rings is 1. The Morgan fingerprint density at radius 3 is 2.89 bits per heavy atom. The summed E-state index contributed by atoms with van der Waals surface area (Å²) in [4.78, 5) is 4.38. The van der Waals surface area contributed by atoms with E-state index in [-0.39, 0.29) is 0 Å². The molecule has 0 aliphatic heterocycles. The van der Waals surface area contributed by atoms with Crippen molar-refractivity contribution in [1.82, 2.24) is 14.9 Å². The summed E-state index contributed by atoms with van der Waals surface area (Å²) in [5.41, 5.74) is 1.23. The lowest BCUT2D eigenvalue weighted by Crippen LogP contribution is -2.22. The van der Waals surface area contributed by atoms with Crippen LogP contribution in [0.15, 0.2) is 36.7 Å². The lowest BCUT2D eigenvalue weighted by molar-refractivity contribution is 0.497. The molecule has 2 aromatic rings. The number of nitrogens with one attached hydrogen (secondary N) is 1. The van der Waals surface area contributed by atoms with Crippen LogP contribution >= 0.6 is 11.6 Å². The molecule has 4 heteroatoms. The Labute approximate surface area is 119 Å². The SMILES string of the molecule is CCC(NCc1nccn1CC)c1cccc(Cl)c1. The molecular formula is C15H20ClN3. The maximum Gasteiger partial charge on any atom is 0.122 e. The Balaban J connectivity index is 2.04. The third-order valence-corrected chi connectivity index (χ3v) is 3.54. The van der Waals surface area contributed by atoms with E-state index in [9.17, 15) is 0 Å². The average Bonchev–Trinajstić information content (AvgIpc) is 2.87. The normalized spacial score (nSPS) is 12.6. The maximum absolute atomic E-state index is 6.05. The highest BCUT2D eigenvalue weighted by atomic mass is 35.5. The van der Waals surface area contributed by atoms with Crippen molar-refractivity contribution in [2.24, 2.45) is 0 Å². The number of nitrogens with zero attached hydrogens (tertiary/aromatic N) is 2. The van der Waals surface area contributed by atoms with Gasteiger partial charge in [-0.1, -0.05) is 30.7 Å². The summed E-state index contributed by atoms with van der Waals surface area (Å²) in [7, 11) is 0. The fourth-order valence-electron chi connectivity index (χ4n) is 2.23. The fraction of sp³-hybridized carbons (Fsp3) is 0.400. The molecule has 1 aromatic heterocycles. The second-order valence-corrected chi connectivity index (χ2v) is 4.96. The van der Waals surface area contributed by atoms with E-state index >= 15 is 0 Å². The van der Waals surface area contributed by atoms with Crippen molar-refractivity contribution in [3.05, 3.63) is 53.1 Å². The van der Waals surface area contributed by atoms with Gasteiger partial charge in [-0.25, -0.2) is 4.98 Å². The van der Waals surface area contributed by atoms with Gasteiger partial charge >= 0.3 is 0 Å². The average molecular weight is 278 g/mol. The smallest absolute Gasteiger partial charge is 0.122 e. The molecule has 1 aromatic carbocycles. The minimum atomic E-state index is 0.306. The summed E-state index contributed by atoms with van der Waals surface area (Å²) in [6.07, 6.45) is 4.88. The van der Waals surface area contributed by atoms with Gasteiger partial charge in [-0.05, 0) is 31.0 Å². The van der Waals surface area contributed by atoms with Gasteiger partial charge < -0.3 is 9.88 Å². The quantitative estimate of drug-likeness (QED) is 0.870. The Kier molecular flexibility index (Phi) is 5.00. The Morgan fingerprint density at radius 2 is 2.21 bits per heavy atom. The number of aryl methyl sites for hydroxylation is 1. The Morgan fingerprint density at radius 1 is 1.37 bits per heavy atom. The summed E-state index contributed by atoms with van der Waals surface area (Å²) in [5, 5.41) is 4.33. The van der Waals surface area contributed by atoms with E-state index < -0.39 is 0 Å². The first-order chi connectivity index (χ1) is 9.24. The van der Waals surface area contributed by atoms with E-state index in [4.69, 9.17) is 11.6 Å². The van der Waals surface area contributed by atoms with Gasteiger partial charge in [-0.3, -0.25) is 0 Å². The van der Waals surface area contributed by atoms with E-state index in [0.29, 0.717) is 6.04 Å². The van der Waals surface area contributed by atoms with Crippen LogP contribution in [0.1, 0.15) is 37.7 Å². The molecule has 0 saturated heterocycles. The number of hydrogen-bond donors (Lipinski definition) is 1. The third-order valence-electron chi connectivity index (χ3n) is 3.31. The van der Waals surface area contributed by atoms with Gasteiger partial charge in [0, 0.05) is 30.0 Å². The minimum absolute atomic E-state index is 0.306. The zero-order chi connectivity index (χ0) is 13.7. The molecule has 102 valence electrons. The van der Waals surface area contributed by atoms with E-state index in [2.05, 4.69) is 34.8 Å². The molecule has 0 aliphatic carbocycles. The Bertz CT molecular complexity index is 522. The summed E-state index contributed by atoms with van der Waals surface area (Å²) in [6, 6.07) is 8.34. The maximum atomic E-state index is 6.05. The van der Waals surface area contributed by atoms with Crippen molar-refractivity contribution >= 4 is 11.6 Å². The van der Waals surface area contributed by atoms with Crippen molar-refractivity contribution in [2.45, 2.75) is 39.4 Å². The monoisotopic (exact) mass is 277 g/mol. The molecule has 0 bridgehead atoms. The first kappa shape index (κ1) is 14.1. The zero-order valence-electron chi connectivity index (χ0n) is 11.4. The number of benzene rings is 1. The van der Waals surface area contributed by atoms with Crippen LogP contribution in [0.3, 0.4) is 0 Å². The number of aromatic nitrogens is 2. The van der Waals surface area contributed by atoms with Gasteiger partial charge in [0.05, 0.1) is 6.54 Å². The molecule has 1 atom stereocenters. The van der Waals surface area contributed by atoms with E-state index in [0.717, 1.165) is 30.4 Å². The van der Waals surface area contributed by atoms with Crippen LogP contribution < -0.4 is 5.32 Å². The first-order valence-electron chi connectivity index (χ1n) is 6.73. The van der Waals surface area contributed by atoms with Crippen LogP contribution in [0.5, 0.6) is 0 Å². The highest BCUT2D eigenvalue weighted by molar-refractivity contribution is 6.30. The molecule has 19 heavy (non-hydrogen) atoms. The van der Waals surface area contributed by atoms with Gasteiger partial charge in [0.1, 0.15) is 5.82 Å². The molecule has 0 aliphatic rings. The molecule has 0 spiro atoms. The lowest BCUT2D eigenvalue weighted by atomic mass is 10.0. The molecule has 1 N–H and O–H groups in total. The molecule has 0 saturated carbocycles. The van der Waals surface area contributed by atoms with Gasteiger partial charge in [-0.2, -0.15) is 0 Å². The molecule has 1 unspecified atom stereocenters. The van der Waals surface area contributed by atoms with Gasteiger partial charge in [0.15, 0.2) is 0 Å². The lowest BCUT2D eigenvalue weighted by Gasteiger charge is -2.18. The van der Waals surface area contributed by atoms with Crippen LogP contribution in [0.2, 0.25) is 5.02 Å². The molecule has 1 heterocycles. The minimum Gasteiger partial charge on any atom is -0.334 e. The number of halogens is 1. The van der Waals surface area contributed by atoms with Crippen molar-refractivity contribution in [1.29, 1.82) is 0 Å². The second-order valence-electron chi connectivity index (χ2n) is 4.53. The zero-order valence-corrected chi connectivity index (χ0v) is 12.2. The third kappa shape index (κ3) is 3.58. The van der Waals surface area contributed by atoms with E-state index in [1.54, 1.807) is 0 Å². The summed E-state index contributed by atoms with van der Waals surface area (Å²) >= 11 is 6.05. The van der Waals surface area contributed by atoms with E-state index in [1.165, 1.54) is 5.56 Å². The predicted molar refractivity (Wildman–Crippen MR) is 79.2 cm³/mol. The van der Waals surface area contributed by atoms with Gasteiger partial charge in [0.2, 0.25) is 0 Å². The highest BCUT2D eigenvalue weighted by Crippen LogP contribution is 2.20. The molecule has 0 amide bonds. The van der Waals surface area contributed by atoms with Gasteiger partial charge in [0.25, 0.3) is 0 Å². The molecule has 0 radical (unpaired) electrons. The first-order valence-corrected chi connectivity index (χ1v) is 7.11. The summed E-state index contributed by atoms with van der Waals surface area (Å²) < 4.78 is 2.15. The van der Waals surface area contributed by atoms with Crippen LogP contribution in [0, 0.1) is 0 Å². The molecular weight excluding hydrogens is 258 g/mol. The van der Waals surface area contributed by atoms with Crippen LogP contribution in [0.4, 0.5) is 0 Å². The summed E-state index contributed by atoms with van der Waals surface area (Å²) in [5.74, 6) is 1.07. The van der Waals surface area contributed by atoms with Gasteiger partial charge in [-0.15, -0.1) is 0 Å². The standard InChI is InChI=1S/C15H20ClN3/c1-3-14(12-6-5-7-13(16)10-12)18-11-15-17-8-9-19(15)4-2/h5-10,14,18H,3-4,11H2,1-2H3.